The summed E-state index contributed by atoms with van der Waals surface area (Å²) in [4.78, 5) is 0. The van der Waals surface area contributed by atoms with Gasteiger partial charge in [0.05, 0.1) is 5.02 Å². The Morgan fingerprint density at radius 1 is 1.33 bits per heavy atom. The number of hydrogen-bond acceptors (Lipinski definition) is 2. The first-order valence-electron chi connectivity index (χ1n) is 6.39. The van der Waals surface area contributed by atoms with Crippen LogP contribution < -0.4 is 5.32 Å². The van der Waals surface area contributed by atoms with Crippen LogP contribution in [0.2, 0.25) is 5.02 Å². The second-order valence-electron chi connectivity index (χ2n) is 4.80. The Morgan fingerprint density at radius 3 is 2.72 bits per heavy atom. The normalized spacial score (nSPS) is 24.2. The van der Waals surface area contributed by atoms with Crippen molar-refractivity contribution >= 4 is 23.4 Å². The molecule has 0 heterocycles. The van der Waals surface area contributed by atoms with Gasteiger partial charge in [0, 0.05) is 23.4 Å². The molecule has 0 saturated heterocycles. The quantitative estimate of drug-likeness (QED) is 0.889. The topological polar surface area (TPSA) is 12.0 Å². The maximum absolute atomic E-state index is 13.7. The fraction of sp³-hybridized carbons (Fsp3) is 0.571. The minimum Gasteiger partial charge on any atom is -0.310 e. The number of thioether (sulfide) groups is 1. The van der Waals surface area contributed by atoms with Crippen molar-refractivity contribution in [2.24, 2.45) is 0 Å². The van der Waals surface area contributed by atoms with Crippen LogP contribution in [0, 0.1) is 5.82 Å². The zero-order chi connectivity index (χ0) is 13.0. The van der Waals surface area contributed by atoms with Crippen molar-refractivity contribution < 1.29 is 4.39 Å². The Balaban J connectivity index is 1.83. The van der Waals surface area contributed by atoms with Gasteiger partial charge in [0.15, 0.2) is 0 Å². The lowest BCUT2D eigenvalue weighted by atomic mass is 9.95. The Kier molecular flexibility index (Phi) is 5.34. The molecule has 1 fully saturated rings. The molecule has 0 bridgehead atoms. The molecule has 1 saturated carbocycles. The molecule has 1 aliphatic rings. The van der Waals surface area contributed by atoms with E-state index in [0.717, 1.165) is 5.25 Å². The van der Waals surface area contributed by atoms with Gasteiger partial charge in [0.2, 0.25) is 0 Å². The summed E-state index contributed by atoms with van der Waals surface area (Å²) in [5.74, 6) is -0.288. The van der Waals surface area contributed by atoms with Crippen molar-refractivity contribution in [3.05, 3.63) is 34.6 Å². The summed E-state index contributed by atoms with van der Waals surface area (Å²) >= 11 is 7.73. The molecule has 0 aromatic heterocycles. The molecule has 4 heteroatoms. The average molecular weight is 288 g/mol. The summed E-state index contributed by atoms with van der Waals surface area (Å²) in [6.07, 6.45) is 7.08. The van der Waals surface area contributed by atoms with E-state index in [0.29, 0.717) is 18.2 Å². The lowest BCUT2D eigenvalue weighted by Crippen LogP contribution is -2.33. The lowest BCUT2D eigenvalue weighted by Gasteiger charge is -2.28. The maximum Gasteiger partial charge on any atom is 0.146 e. The summed E-state index contributed by atoms with van der Waals surface area (Å²) in [6.45, 7) is 0.570. The van der Waals surface area contributed by atoms with Gasteiger partial charge in [0.1, 0.15) is 5.82 Å². The molecule has 1 aromatic carbocycles. The van der Waals surface area contributed by atoms with Crippen LogP contribution in [0.5, 0.6) is 0 Å². The van der Waals surface area contributed by atoms with Crippen LogP contribution in [0.15, 0.2) is 18.2 Å². The molecule has 0 atom stereocenters. The smallest absolute Gasteiger partial charge is 0.146 e. The van der Waals surface area contributed by atoms with E-state index in [1.54, 1.807) is 18.2 Å². The highest BCUT2D eigenvalue weighted by Gasteiger charge is 2.20. The summed E-state index contributed by atoms with van der Waals surface area (Å²) in [5.41, 5.74) is 0.662. The highest BCUT2D eigenvalue weighted by atomic mass is 35.5. The highest BCUT2D eigenvalue weighted by molar-refractivity contribution is 7.99. The van der Waals surface area contributed by atoms with Gasteiger partial charge in [0.25, 0.3) is 0 Å². The standard InChI is InChI=1S/C14H19ClFNS/c1-18-12-7-5-11(6-8-12)17-9-10-3-2-4-13(15)14(10)16/h2-4,11-12,17H,5-9H2,1H3. The molecule has 1 nitrogen and oxygen atoms in total. The van der Waals surface area contributed by atoms with Crippen LogP contribution in [-0.2, 0) is 6.54 Å². The van der Waals surface area contributed by atoms with Crippen LogP contribution in [-0.4, -0.2) is 17.5 Å². The van der Waals surface area contributed by atoms with E-state index in [2.05, 4.69) is 11.6 Å². The number of rotatable bonds is 4. The molecule has 2 rings (SSSR count). The summed E-state index contributed by atoms with van der Waals surface area (Å²) in [5, 5.41) is 4.46. The van der Waals surface area contributed by atoms with Crippen molar-refractivity contribution in [1.29, 1.82) is 0 Å². The summed E-state index contributed by atoms with van der Waals surface area (Å²) in [6, 6.07) is 5.70. The van der Waals surface area contributed by atoms with Gasteiger partial charge in [-0.15, -0.1) is 0 Å². The number of hydrogen-bond donors (Lipinski definition) is 1. The van der Waals surface area contributed by atoms with Crippen LogP contribution >= 0.6 is 23.4 Å². The van der Waals surface area contributed by atoms with Gasteiger partial charge in [-0.2, -0.15) is 11.8 Å². The first-order valence-corrected chi connectivity index (χ1v) is 8.06. The minimum absolute atomic E-state index is 0.209. The molecule has 0 amide bonds. The first-order chi connectivity index (χ1) is 8.70. The maximum atomic E-state index is 13.7. The number of benzene rings is 1. The Morgan fingerprint density at radius 2 is 2.06 bits per heavy atom. The number of nitrogens with one attached hydrogen (secondary N) is 1. The van der Waals surface area contributed by atoms with E-state index in [9.17, 15) is 4.39 Å². The van der Waals surface area contributed by atoms with Crippen LogP contribution in [0.1, 0.15) is 31.2 Å². The van der Waals surface area contributed by atoms with Crippen LogP contribution in [0.3, 0.4) is 0 Å². The minimum atomic E-state index is -0.288. The van der Waals surface area contributed by atoms with E-state index in [-0.39, 0.29) is 10.8 Å². The van der Waals surface area contributed by atoms with Crippen molar-refractivity contribution in [3.8, 4) is 0 Å². The zero-order valence-corrected chi connectivity index (χ0v) is 12.2. The van der Waals surface area contributed by atoms with Crippen molar-refractivity contribution in [2.75, 3.05) is 6.26 Å². The fourth-order valence-corrected chi connectivity index (χ4v) is 3.38. The second kappa shape index (κ2) is 6.78. The Labute approximate surface area is 117 Å². The van der Waals surface area contributed by atoms with E-state index in [4.69, 9.17) is 11.6 Å². The predicted octanol–water partition coefficient (Wildman–Crippen LogP) is 4.24. The molecule has 1 N–H and O–H groups in total. The summed E-state index contributed by atoms with van der Waals surface area (Å²) < 4.78 is 13.7. The van der Waals surface area contributed by atoms with Gasteiger partial charge in [-0.1, -0.05) is 23.7 Å². The molecule has 18 heavy (non-hydrogen) atoms. The van der Waals surface area contributed by atoms with E-state index in [1.807, 2.05) is 11.8 Å². The predicted molar refractivity (Wildman–Crippen MR) is 77.8 cm³/mol. The molecular weight excluding hydrogens is 269 g/mol. The monoisotopic (exact) mass is 287 g/mol. The molecule has 100 valence electrons. The molecule has 1 aliphatic carbocycles. The van der Waals surface area contributed by atoms with Gasteiger partial charge in [-0.05, 0) is 38.0 Å². The van der Waals surface area contributed by atoms with Gasteiger partial charge in [-0.3, -0.25) is 0 Å². The zero-order valence-electron chi connectivity index (χ0n) is 10.6. The second-order valence-corrected chi connectivity index (χ2v) is 6.35. The van der Waals surface area contributed by atoms with Crippen molar-refractivity contribution in [1.82, 2.24) is 5.32 Å². The van der Waals surface area contributed by atoms with Gasteiger partial charge in [-0.25, -0.2) is 4.39 Å². The van der Waals surface area contributed by atoms with Gasteiger partial charge >= 0.3 is 0 Å². The molecule has 0 spiro atoms. The van der Waals surface area contributed by atoms with E-state index >= 15 is 0 Å². The Hall–Kier alpha value is -0.250. The third-order valence-electron chi connectivity index (χ3n) is 3.62. The largest absolute Gasteiger partial charge is 0.310 e. The lowest BCUT2D eigenvalue weighted by molar-refractivity contribution is 0.376. The first kappa shape index (κ1) is 14.2. The van der Waals surface area contributed by atoms with E-state index < -0.39 is 0 Å². The SMILES string of the molecule is CSC1CCC(NCc2cccc(Cl)c2F)CC1. The van der Waals surface area contributed by atoms with Crippen LogP contribution in [0.25, 0.3) is 0 Å². The van der Waals surface area contributed by atoms with E-state index in [1.165, 1.54) is 25.7 Å². The number of halogens is 2. The highest BCUT2D eigenvalue weighted by Crippen LogP contribution is 2.27. The van der Waals surface area contributed by atoms with Crippen LogP contribution in [0.4, 0.5) is 4.39 Å². The average Bonchev–Trinajstić information content (AvgIpc) is 2.41. The summed E-state index contributed by atoms with van der Waals surface area (Å²) in [7, 11) is 0. The fourth-order valence-electron chi connectivity index (χ4n) is 2.44. The third-order valence-corrected chi connectivity index (χ3v) is 5.05. The molecule has 0 unspecified atom stereocenters. The van der Waals surface area contributed by atoms with Gasteiger partial charge < -0.3 is 5.32 Å². The molecule has 1 aromatic rings. The van der Waals surface area contributed by atoms with Crippen molar-refractivity contribution in [2.45, 2.75) is 43.5 Å². The Bertz CT molecular complexity index is 391. The molecular formula is C14H19ClFNS. The van der Waals surface area contributed by atoms with Crippen molar-refractivity contribution in [3.63, 3.8) is 0 Å². The third kappa shape index (κ3) is 3.62. The molecule has 0 radical (unpaired) electrons. The molecule has 0 aliphatic heterocycles.